The van der Waals surface area contributed by atoms with Crippen LogP contribution in [0.5, 0.6) is 0 Å². The van der Waals surface area contributed by atoms with Crippen molar-refractivity contribution in [2.24, 2.45) is 0 Å². The van der Waals surface area contributed by atoms with Crippen molar-refractivity contribution in [2.75, 3.05) is 33.2 Å². The predicted octanol–water partition coefficient (Wildman–Crippen LogP) is 2.41. The molecule has 2 fully saturated rings. The van der Waals surface area contributed by atoms with Gasteiger partial charge in [0.25, 0.3) is 0 Å². The SMILES string of the molecule is CCCN(CCNC)CC1CCC2(CCCC2)O1. The highest BCUT2D eigenvalue weighted by Gasteiger charge is 2.42. The Morgan fingerprint density at radius 2 is 2.00 bits per heavy atom. The minimum atomic E-state index is 0.297. The smallest absolute Gasteiger partial charge is 0.0710 e. The van der Waals surface area contributed by atoms with Crippen molar-refractivity contribution in [3.63, 3.8) is 0 Å². The molecule has 0 amide bonds. The molecule has 0 bridgehead atoms. The van der Waals surface area contributed by atoms with E-state index in [0.29, 0.717) is 11.7 Å². The van der Waals surface area contributed by atoms with Gasteiger partial charge in [-0.2, -0.15) is 0 Å². The standard InChI is InChI=1S/C15H30N2O/c1-3-11-17(12-10-16-2)13-14-6-9-15(18-14)7-4-5-8-15/h14,16H,3-13H2,1-2H3. The van der Waals surface area contributed by atoms with E-state index in [9.17, 15) is 0 Å². The molecule has 2 rings (SSSR count). The normalized spacial score (nSPS) is 26.5. The number of nitrogens with zero attached hydrogens (tertiary/aromatic N) is 1. The van der Waals surface area contributed by atoms with E-state index in [0.717, 1.165) is 19.6 Å². The number of likely N-dealkylation sites (N-methyl/N-ethyl adjacent to an activating group) is 1. The average Bonchev–Trinajstić information content (AvgIpc) is 2.98. The topological polar surface area (TPSA) is 24.5 Å². The Bertz CT molecular complexity index is 239. The van der Waals surface area contributed by atoms with Crippen LogP contribution >= 0.6 is 0 Å². The maximum absolute atomic E-state index is 6.40. The number of rotatable bonds is 7. The molecule has 1 spiro atoms. The molecule has 0 aromatic heterocycles. The monoisotopic (exact) mass is 254 g/mol. The zero-order valence-corrected chi connectivity index (χ0v) is 12.2. The van der Waals surface area contributed by atoms with Crippen molar-refractivity contribution in [2.45, 2.75) is 63.6 Å². The molecular weight excluding hydrogens is 224 g/mol. The van der Waals surface area contributed by atoms with Crippen molar-refractivity contribution in [1.29, 1.82) is 0 Å². The van der Waals surface area contributed by atoms with E-state index in [4.69, 9.17) is 4.74 Å². The second kappa shape index (κ2) is 6.88. The zero-order chi connectivity index (χ0) is 12.8. The summed E-state index contributed by atoms with van der Waals surface area (Å²) in [6, 6.07) is 0. The Balaban J connectivity index is 1.77. The van der Waals surface area contributed by atoms with Crippen LogP contribution in [0.25, 0.3) is 0 Å². The molecule has 0 radical (unpaired) electrons. The molecule has 3 heteroatoms. The fourth-order valence-corrected chi connectivity index (χ4v) is 3.58. The van der Waals surface area contributed by atoms with Crippen LogP contribution in [0.1, 0.15) is 51.9 Å². The molecule has 1 saturated heterocycles. The van der Waals surface area contributed by atoms with Crippen LogP contribution in [0.3, 0.4) is 0 Å². The molecule has 18 heavy (non-hydrogen) atoms. The molecule has 0 aromatic rings. The lowest BCUT2D eigenvalue weighted by Gasteiger charge is -2.28. The van der Waals surface area contributed by atoms with E-state index in [2.05, 4.69) is 17.1 Å². The van der Waals surface area contributed by atoms with E-state index < -0.39 is 0 Å². The van der Waals surface area contributed by atoms with Crippen molar-refractivity contribution >= 4 is 0 Å². The maximum atomic E-state index is 6.40. The number of ether oxygens (including phenoxy) is 1. The van der Waals surface area contributed by atoms with Crippen molar-refractivity contribution < 1.29 is 4.74 Å². The highest BCUT2D eigenvalue weighted by Crippen LogP contribution is 2.43. The average molecular weight is 254 g/mol. The number of hydrogen-bond acceptors (Lipinski definition) is 3. The molecule has 106 valence electrons. The summed E-state index contributed by atoms with van der Waals surface area (Å²) in [5, 5.41) is 3.25. The van der Waals surface area contributed by atoms with Crippen LogP contribution in [0.4, 0.5) is 0 Å². The van der Waals surface area contributed by atoms with Crippen LogP contribution in [-0.2, 0) is 4.74 Å². The summed E-state index contributed by atoms with van der Waals surface area (Å²) in [5.74, 6) is 0. The summed E-state index contributed by atoms with van der Waals surface area (Å²) in [6.07, 6.45) is 9.70. The second-order valence-corrected chi connectivity index (χ2v) is 6.07. The first-order valence-electron chi connectivity index (χ1n) is 7.83. The third-order valence-corrected chi connectivity index (χ3v) is 4.53. The largest absolute Gasteiger partial charge is 0.370 e. The van der Waals surface area contributed by atoms with Gasteiger partial charge in [0.1, 0.15) is 0 Å². The quantitative estimate of drug-likeness (QED) is 0.755. The first kappa shape index (κ1) is 14.3. The molecule has 1 aliphatic heterocycles. The van der Waals surface area contributed by atoms with E-state index in [1.165, 1.54) is 51.5 Å². The van der Waals surface area contributed by atoms with Gasteiger partial charge in [0, 0.05) is 19.6 Å². The lowest BCUT2D eigenvalue weighted by Crippen LogP contribution is -2.38. The fraction of sp³-hybridized carbons (Fsp3) is 1.00. The summed E-state index contributed by atoms with van der Waals surface area (Å²) < 4.78 is 6.40. The Kier molecular flexibility index (Phi) is 5.46. The Labute approximate surface area is 112 Å². The fourth-order valence-electron chi connectivity index (χ4n) is 3.58. The molecule has 2 aliphatic rings. The van der Waals surface area contributed by atoms with Gasteiger partial charge >= 0.3 is 0 Å². The predicted molar refractivity (Wildman–Crippen MR) is 76.0 cm³/mol. The lowest BCUT2D eigenvalue weighted by molar-refractivity contribution is -0.0471. The van der Waals surface area contributed by atoms with Crippen LogP contribution in [0, 0.1) is 0 Å². The maximum Gasteiger partial charge on any atom is 0.0710 e. The van der Waals surface area contributed by atoms with Gasteiger partial charge in [-0.3, -0.25) is 4.90 Å². The summed E-state index contributed by atoms with van der Waals surface area (Å²) in [4.78, 5) is 2.56. The van der Waals surface area contributed by atoms with Gasteiger partial charge in [-0.25, -0.2) is 0 Å². The Morgan fingerprint density at radius 1 is 1.22 bits per heavy atom. The third-order valence-electron chi connectivity index (χ3n) is 4.53. The van der Waals surface area contributed by atoms with Crippen LogP contribution in [0.2, 0.25) is 0 Å². The highest BCUT2D eigenvalue weighted by atomic mass is 16.5. The Hall–Kier alpha value is -0.120. The van der Waals surface area contributed by atoms with Crippen LogP contribution in [0.15, 0.2) is 0 Å². The minimum absolute atomic E-state index is 0.297. The van der Waals surface area contributed by atoms with Crippen molar-refractivity contribution in [3.05, 3.63) is 0 Å². The molecule has 1 saturated carbocycles. The van der Waals surface area contributed by atoms with E-state index >= 15 is 0 Å². The first-order chi connectivity index (χ1) is 8.78. The van der Waals surface area contributed by atoms with Gasteiger partial charge in [0.05, 0.1) is 11.7 Å². The van der Waals surface area contributed by atoms with Crippen LogP contribution in [-0.4, -0.2) is 49.8 Å². The summed E-state index contributed by atoms with van der Waals surface area (Å²) >= 11 is 0. The van der Waals surface area contributed by atoms with Crippen molar-refractivity contribution in [1.82, 2.24) is 10.2 Å². The van der Waals surface area contributed by atoms with Gasteiger partial charge in [-0.05, 0) is 45.7 Å². The zero-order valence-electron chi connectivity index (χ0n) is 12.2. The van der Waals surface area contributed by atoms with E-state index in [1.54, 1.807) is 0 Å². The third kappa shape index (κ3) is 3.69. The highest BCUT2D eigenvalue weighted by molar-refractivity contribution is 4.93. The molecule has 1 unspecified atom stereocenters. The summed E-state index contributed by atoms with van der Waals surface area (Å²) in [7, 11) is 2.03. The Morgan fingerprint density at radius 3 is 2.67 bits per heavy atom. The summed E-state index contributed by atoms with van der Waals surface area (Å²) in [5.41, 5.74) is 0.297. The van der Waals surface area contributed by atoms with E-state index in [-0.39, 0.29) is 0 Å². The molecule has 0 aromatic carbocycles. The first-order valence-corrected chi connectivity index (χ1v) is 7.83. The molecule has 1 N–H and O–H groups in total. The second-order valence-electron chi connectivity index (χ2n) is 6.07. The molecule has 1 atom stereocenters. The summed E-state index contributed by atoms with van der Waals surface area (Å²) in [6.45, 7) is 6.83. The van der Waals surface area contributed by atoms with E-state index in [1.807, 2.05) is 7.05 Å². The minimum Gasteiger partial charge on any atom is -0.370 e. The lowest BCUT2D eigenvalue weighted by atomic mass is 9.98. The molecular formula is C15H30N2O. The van der Waals surface area contributed by atoms with Gasteiger partial charge < -0.3 is 10.1 Å². The van der Waals surface area contributed by atoms with Crippen molar-refractivity contribution in [3.8, 4) is 0 Å². The number of nitrogens with one attached hydrogen (secondary N) is 1. The van der Waals surface area contributed by atoms with Gasteiger partial charge in [-0.1, -0.05) is 19.8 Å². The van der Waals surface area contributed by atoms with Gasteiger partial charge in [0.15, 0.2) is 0 Å². The van der Waals surface area contributed by atoms with Gasteiger partial charge in [-0.15, -0.1) is 0 Å². The number of hydrogen-bond donors (Lipinski definition) is 1. The molecule has 3 nitrogen and oxygen atoms in total. The van der Waals surface area contributed by atoms with Gasteiger partial charge in [0.2, 0.25) is 0 Å². The van der Waals surface area contributed by atoms with Crippen LogP contribution < -0.4 is 5.32 Å². The molecule has 1 aliphatic carbocycles. The molecule has 1 heterocycles.